The van der Waals surface area contributed by atoms with Gasteiger partial charge in [0, 0.05) is 12.6 Å². The van der Waals surface area contributed by atoms with E-state index in [0.717, 1.165) is 5.56 Å². The summed E-state index contributed by atoms with van der Waals surface area (Å²) in [4.78, 5) is 22.4. The number of aliphatic carboxylic acids is 1. The fraction of sp³-hybridized carbons (Fsp3) is 0.286. The summed E-state index contributed by atoms with van der Waals surface area (Å²) in [6.07, 6.45) is 4.42. The van der Waals surface area contributed by atoms with E-state index in [-0.39, 0.29) is 12.5 Å². The minimum Gasteiger partial charge on any atom is -0.481 e. The van der Waals surface area contributed by atoms with E-state index in [4.69, 9.17) is 5.11 Å². The van der Waals surface area contributed by atoms with Gasteiger partial charge in [-0.05, 0) is 24.5 Å². The third-order valence-electron chi connectivity index (χ3n) is 3.13. The van der Waals surface area contributed by atoms with Crippen molar-refractivity contribution in [1.29, 1.82) is 0 Å². The van der Waals surface area contributed by atoms with Gasteiger partial charge in [0.25, 0.3) is 0 Å². The number of carbonyl (C=O) groups excluding carboxylic acids is 1. The average Bonchev–Trinajstić information content (AvgIpc) is 3.16. The molecule has 0 aliphatic heterocycles. The van der Waals surface area contributed by atoms with E-state index in [1.807, 2.05) is 30.3 Å². The number of carbonyl (C=O) groups is 2. The number of carboxylic acids is 1. The van der Waals surface area contributed by atoms with Gasteiger partial charge in [-0.1, -0.05) is 30.3 Å². The molecule has 1 amide bonds. The molecule has 94 valence electrons. The molecule has 0 heterocycles. The molecule has 1 aliphatic carbocycles. The van der Waals surface area contributed by atoms with Crippen LogP contribution in [0.15, 0.2) is 36.4 Å². The van der Waals surface area contributed by atoms with Crippen LogP contribution in [0.1, 0.15) is 18.4 Å². The first-order valence-electron chi connectivity index (χ1n) is 5.87. The van der Waals surface area contributed by atoms with Crippen molar-refractivity contribution in [3.05, 3.63) is 42.0 Å². The van der Waals surface area contributed by atoms with Crippen molar-refractivity contribution in [2.24, 2.45) is 5.41 Å². The molecule has 0 unspecified atom stereocenters. The number of carboxylic acid groups (broad SMARTS) is 1. The van der Waals surface area contributed by atoms with Gasteiger partial charge in [0.05, 0.1) is 5.41 Å². The molecule has 1 aromatic rings. The smallest absolute Gasteiger partial charge is 0.311 e. The number of benzene rings is 1. The topological polar surface area (TPSA) is 66.4 Å². The first-order valence-corrected chi connectivity index (χ1v) is 5.87. The normalized spacial score (nSPS) is 16.4. The van der Waals surface area contributed by atoms with E-state index in [1.165, 1.54) is 6.08 Å². The van der Waals surface area contributed by atoms with Crippen molar-refractivity contribution >= 4 is 18.0 Å². The lowest BCUT2D eigenvalue weighted by Gasteiger charge is -2.09. The van der Waals surface area contributed by atoms with E-state index >= 15 is 0 Å². The Morgan fingerprint density at radius 2 is 1.94 bits per heavy atom. The number of rotatable bonds is 5. The fourth-order valence-corrected chi connectivity index (χ4v) is 1.67. The maximum atomic E-state index is 11.5. The highest BCUT2D eigenvalue weighted by Gasteiger charge is 2.50. The minimum atomic E-state index is -0.824. The largest absolute Gasteiger partial charge is 0.481 e. The summed E-state index contributed by atoms with van der Waals surface area (Å²) in [5, 5.41) is 11.6. The van der Waals surface area contributed by atoms with E-state index in [1.54, 1.807) is 6.08 Å². The first-order chi connectivity index (χ1) is 8.62. The molecule has 1 aromatic carbocycles. The summed E-state index contributed by atoms with van der Waals surface area (Å²) in [6.45, 7) is 0.209. The Hall–Kier alpha value is -2.10. The monoisotopic (exact) mass is 245 g/mol. The zero-order valence-corrected chi connectivity index (χ0v) is 9.93. The van der Waals surface area contributed by atoms with Crippen molar-refractivity contribution in [2.75, 3.05) is 6.54 Å². The van der Waals surface area contributed by atoms with Crippen LogP contribution in [-0.4, -0.2) is 23.5 Å². The summed E-state index contributed by atoms with van der Waals surface area (Å²) in [7, 11) is 0. The molecule has 1 aliphatic rings. The number of hydrogen-bond donors (Lipinski definition) is 2. The number of amides is 1. The van der Waals surface area contributed by atoms with Crippen LogP contribution in [0.2, 0.25) is 0 Å². The molecule has 2 rings (SSSR count). The van der Waals surface area contributed by atoms with Gasteiger partial charge in [0.15, 0.2) is 0 Å². The highest BCUT2D eigenvalue weighted by atomic mass is 16.4. The van der Waals surface area contributed by atoms with E-state index in [9.17, 15) is 9.59 Å². The zero-order chi connectivity index (χ0) is 13.0. The molecule has 0 aromatic heterocycles. The van der Waals surface area contributed by atoms with Crippen molar-refractivity contribution in [3.8, 4) is 0 Å². The third kappa shape index (κ3) is 2.97. The molecule has 0 radical (unpaired) electrons. The Morgan fingerprint density at radius 1 is 1.28 bits per heavy atom. The predicted octanol–water partition coefficient (Wildman–Crippen LogP) is 1.68. The maximum absolute atomic E-state index is 11.5. The number of nitrogens with one attached hydrogen (secondary N) is 1. The fourth-order valence-electron chi connectivity index (χ4n) is 1.67. The number of hydrogen-bond acceptors (Lipinski definition) is 2. The second-order valence-corrected chi connectivity index (χ2v) is 4.55. The maximum Gasteiger partial charge on any atom is 0.311 e. The third-order valence-corrected chi connectivity index (χ3v) is 3.13. The summed E-state index contributed by atoms with van der Waals surface area (Å²) in [5.41, 5.74) is 0.225. The lowest BCUT2D eigenvalue weighted by Crippen LogP contribution is -2.33. The van der Waals surface area contributed by atoms with E-state index in [0.29, 0.717) is 12.8 Å². The Kier molecular flexibility index (Phi) is 3.46. The minimum absolute atomic E-state index is 0.209. The highest BCUT2D eigenvalue weighted by molar-refractivity contribution is 5.92. The van der Waals surface area contributed by atoms with Crippen molar-refractivity contribution in [3.63, 3.8) is 0 Å². The van der Waals surface area contributed by atoms with E-state index < -0.39 is 11.4 Å². The van der Waals surface area contributed by atoms with Gasteiger partial charge in [-0.25, -0.2) is 0 Å². The van der Waals surface area contributed by atoms with Crippen LogP contribution in [-0.2, 0) is 9.59 Å². The Balaban J connectivity index is 1.83. The molecule has 1 fully saturated rings. The molecule has 0 bridgehead atoms. The van der Waals surface area contributed by atoms with Crippen molar-refractivity contribution in [2.45, 2.75) is 12.8 Å². The summed E-state index contributed by atoms with van der Waals surface area (Å²) in [5.74, 6) is -1.08. The molecule has 18 heavy (non-hydrogen) atoms. The quantitative estimate of drug-likeness (QED) is 0.776. The second kappa shape index (κ2) is 5.04. The van der Waals surface area contributed by atoms with Crippen LogP contribution in [0, 0.1) is 5.41 Å². The molecule has 0 atom stereocenters. The zero-order valence-electron chi connectivity index (χ0n) is 9.93. The Labute approximate surface area is 105 Å². The first kappa shape index (κ1) is 12.4. The standard InChI is InChI=1S/C14H15NO3/c16-12(7-6-11-4-2-1-3-5-11)15-10-14(8-9-14)13(17)18/h1-7H,8-10H2,(H,15,16)(H,17,18)/b7-6+. The second-order valence-electron chi connectivity index (χ2n) is 4.55. The lowest BCUT2D eigenvalue weighted by molar-refractivity contribution is -0.143. The van der Waals surface area contributed by atoms with Gasteiger partial charge >= 0.3 is 5.97 Å². The molecular weight excluding hydrogens is 230 g/mol. The summed E-state index contributed by atoms with van der Waals surface area (Å²) >= 11 is 0. The van der Waals surface area contributed by atoms with Crippen LogP contribution in [0.3, 0.4) is 0 Å². The molecule has 2 N–H and O–H groups in total. The average molecular weight is 245 g/mol. The Morgan fingerprint density at radius 3 is 2.50 bits per heavy atom. The van der Waals surface area contributed by atoms with Gasteiger partial charge in [0.2, 0.25) is 5.91 Å². The lowest BCUT2D eigenvalue weighted by atomic mass is 10.1. The molecular formula is C14H15NO3. The van der Waals surface area contributed by atoms with Crippen molar-refractivity contribution < 1.29 is 14.7 Å². The van der Waals surface area contributed by atoms with Crippen LogP contribution in [0.25, 0.3) is 6.08 Å². The van der Waals surface area contributed by atoms with Crippen LogP contribution >= 0.6 is 0 Å². The van der Waals surface area contributed by atoms with Gasteiger partial charge in [-0.3, -0.25) is 9.59 Å². The Bertz CT molecular complexity index is 475. The summed E-state index contributed by atoms with van der Waals surface area (Å²) < 4.78 is 0. The van der Waals surface area contributed by atoms with E-state index in [2.05, 4.69) is 5.32 Å². The predicted molar refractivity (Wildman–Crippen MR) is 67.8 cm³/mol. The molecule has 4 heteroatoms. The summed E-state index contributed by atoms with van der Waals surface area (Å²) in [6, 6.07) is 9.47. The van der Waals surface area contributed by atoms with Crippen LogP contribution < -0.4 is 5.32 Å². The van der Waals surface area contributed by atoms with Gasteiger partial charge < -0.3 is 10.4 Å². The highest BCUT2D eigenvalue weighted by Crippen LogP contribution is 2.45. The van der Waals surface area contributed by atoms with Gasteiger partial charge in [-0.15, -0.1) is 0 Å². The van der Waals surface area contributed by atoms with Crippen molar-refractivity contribution in [1.82, 2.24) is 5.32 Å². The molecule has 0 spiro atoms. The van der Waals surface area contributed by atoms with Gasteiger partial charge in [0.1, 0.15) is 0 Å². The SMILES string of the molecule is O=C(/C=C/c1ccccc1)NCC1(C(=O)O)CC1. The molecule has 0 saturated heterocycles. The molecule has 1 saturated carbocycles. The van der Waals surface area contributed by atoms with Crippen LogP contribution in [0.4, 0.5) is 0 Å². The van der Waals surface area contributed by atoms with Gasteiger partial charge in [-0.2, -0.15) is 0 Å². The van der Waals surface area contributed by atoms with Crippen LogP contribution in [0.5, 0.6) is 0 Å². The molecule has 4 nitrogen and oxygen atoms in total.